The summed E-state index contributed by atoms with van der Waals surface area (Å²) in [7, 11) is 1.59. The Hall–Kier alpha value is -2.82. The maximum Gasteiger partial charge on any atom is 0.277 e. The van der Waals surface area contributed by atoms with Crippen LogP contribution in [0.15, 0.2) is 47.6 Å². The maximum atomic E-state index is 11.7. The normalized spacial score (nSPS) is 10.6. The third-order valence-electron chi connectivity index (χ3n) is 3.38. The van der Waals surface area contributed by atoms with Crippen LogP contribution in [0.3, 0.4) is 0 Å². The highest BCUT2D eigenvalue weighted by Crippen LogP contribution is 2.16. The van der Waals surface area contributed by atoms with Gasteiger partial charge in [0, 0.05) is 5.56 Å². The highest BCUT2D eigenvalue weighted by atomic mass is 16.5. The van der Waals surface area contributed by atoms with Gasteiger partial charge in [-0.05, 0) is 49.2 Å². The molecule has 120 valence electrons. The molecule has 0 bridgehead atoms. The van der Waals surface area contributed by atoms with Gasteiger partial charge < -0.3 is 9.47 Å². The quantitative estimate of drug-likeness (QED) is 0.659. The fraction of sp³-hybridized carbons (Fsp3) is 0.222. The Labute approximate surface area is 135 Å². The first-order valence-electron chi connectivity index (χ1n) is 7.25. The van der Waals surface area contributed by atoms with Crippen LogP contribution in [0.1, 0.15) is 16.7 Å². The van der Waals surface area contributed by atoms with Crippen LogP contribution in [0.5, 0.6) is 11.5 Å². The number of para-hydroxylation sites is 1. The molecule has 1 N–H and O–H groups in total. The molecule has 0 radical (unpaired) electrons. The van der Waals surface area contributed by atoms with Crippen LogP contribution < -0.4 is 14.9 Å². The SMILES string of the molecule is COc1ccccc1C=NNC(=O)COc1ccc(C)c(C)c1. The second-order valence-electron chi connectivity index (χ2n) is 5.07. The van der Waals surface area contributed by atoms with E-state index in [1.54, 1.807) is 7.11 Å². The molecule has 23 heavy (non-hydrogen) atoms. The molecule has 0 saturated carbocycles. The molecule has 0 fully saturated rings. The number of aryl methyl sites for hydroxylation is 2. The number of hydrazone groups is 1. The Kier molecular flexibility index (Phi) is 5.74. The minimum absolute atomic E-state index is 0.0915. The topological polar surface area (TPSA) is 59.9 Å². The van der Waals surface area contributed by atoms with Crippen LogP contribution in [-0.2, 0) is 4.79 Å². The van der Waals surface area contributed by atoms with Crippen LogP contribution >= 0.6 is 0 Å². The van der Waals surface area contributed by atoms with Gasteiger partial charge in [-0.1, -0.05) is 18.2 Å². The standard InChI is InChI=1S/C18H20N2O3/c1-13-8-9-16(10-14(13)2)23-12-18(21)20-19-11-15-6-4-5-7-17(15)22-3/h4-11H,12H2,1-3H3,(H,20,21). The third kappa shape index (κ3) is 4.85. The molecule has 2 rings (SSSR count). The molecule has 0 saturated heterocycles. The van der Waals surface area contributed by atoms with Gasteiger partial charge in [0.25, 0.3) is 5.91 Å². The van der Waals surface area contributed by atoms with E-state index in [9.17, 15) is 4.79 Å². The Morgan fingerprint density at radius 1 is 1.17 bits per heavy atom. The number of amides is 1. The molecular formula is C18H20N2O3. The third-order valence-corrected chi connectivity index (χ3v) is 3.38. The van der Waals surface area contributed by atoms with Gasteiger partial charge in [-0.3, -0.25) is 4.79 Å². The molecule has 0 heterocycles. The van der Waals surface area contributed by atoms with Crippen molar-refractivity contribution in [1.29, 1.82) is 0 Å². The van der Waals surface area contributed by atoms with E-state index in [0.717, 1.165) is 11.1 Å². The van der Waals surface area contributed by atoms with E-state index in [0.29, 0.717) is 11.5 Å². The van der Waals surface area contributed by atoms with Crippen molar-refractivity contribution in [1.82, 2.24) is 5.43 Å². The molecular weight excluding hydrogens is 292 g/mol. The van der Waals surface area contributed by atoms with Crippen LogP contribution in [0.25, 0.3) is 0 Å². The van der Waals surface area contributed by atoms with Crippen molar-refractivity contribution in [2.24, 2.45) is 5.10 Å². The van der Waals surface area contributed by atoms with Gasteiger partial charge in [-0.15, -0.1) is 0 Å². The Bertz CT molecular complexity index is 711. The predicted molar refractivity (Wildman–Crippen MR) is 90.1 cm³/mol. The summed E-state index contributed by atoms with van der Waals surface area (Å²) in [5.41, 5.74) is 5.52. The zero-order valence-corrected chi connectivity index (χ0v) is 13.5. The first-order valence-corrected chi connectivity index (χ1v) is 7.25. The van der Waals surface area contributed by atoms with Crippen molar-refractivity contribution in [2.75, 3.05) is 13.7 Å². The lowest BCUT2D eigenvalue weighted by molar-refractivity contribution is -0.123. The number of hydrogen-bond acceptors (Lipinski definition) is 4. The summed E-state index contributed by atoms with van der Waals surface area (Å²) in [6.45, 7) is 3.93. The van der Waals surface area contributed by atoms with E-state index in [4.69, 9.17) is 9.47 Å². The fourth-order valence-corrected chi connectivity index (χ4v) is 1.93. The van der Waals surface area contributed by atoms with Gasteiger partial charge in [0.1, 0.15) is 11.5 Å². The van der Waals surface area contributed by atoms with E-state index in [2.05, 4.69) is 10.5 Å². The maximum absolute atomic E-state index is 11.7. The van der Waals surface area contributed by atoms with E-state index in [-0.39, 0.29) is 12.5 Å². The fourth-order valence-electron chi connectivity index (χ4n) is 1.93. The number of ether oxygens (including phenoxy) is 2. The van der Waals surface area contributed by atoms with E-state index in [1.165, 1.54) is 11.8 Å². The van der Waals surface area contributed by atoms with Crippen molar-refractivity contribution < 1.29 is 14.3 Å². The lowest BCUT2D eigenvalue weighted by Gasteiger charge is -2.07. The lowest BCUT2D eigenvalue weighted by atomic mass is 10.1. The molecule has 0 atom stereocenters. The molecule has 1 amide bonds. The minimum Gasteiger partial charge on any atom is -0.496 e. The summed E-state index contributed by atoms with van der Waals surface area (Å²) in [6, 6.07) is 13.1. The van der Waals surface area contributed by atoms with Crippen molar-refractivity contribution in [3.63, 3.8) is 0 Å². The Morgan fingerprint density at radius 2 is 1.96 bits per heavy atom. The summed E-state index contributed by atoms with van der Waals surface area (Å²) in [5.74, 6) is 1.03. The van der Waals surface area contributed by atoms with Crippen LogP contribution in [0, 0.1) is 13.8 Å². The molecule has 0 spiro atoms. The van der Waals surface area contributed by atoms with Gasteiger partial charge >= 0.3 is 0 Å². The molecule has 0 aromatic heterocycles. The van der Waals surface area contributed by atoms with Gasteiger partial charge in [0.2, 0.25) is 0 Å². The Morgan fingerprint density at radius 3 is 2.70 bits per heavy atom. The van der Waals surface area contributed by atoms with E-state index < -0.39 is 0 Å². The number of hydrogen-bond donors (Lipinski definition) is 1. The van der Waals surface area contributed by atoms with Gasteiger partial charge in [0.05, 0.1) is 13.3 Å². The minimum atomic E-state index is -0.325. The second-order valence-corrected chi connectivity index (χ2v) is 5.07. The summed E-state index contributed by atoms with van der Waals surface area (Å²) in [5, 5.41) is 3.91. The van der Waals surface area contributed by atoms with Gasteiger partial charge in [0.15, 0.2) is 6.61 Å². The molecule has 0 unspecified atom stereocenters. The summed E-state index contributed by atoms with van der Waals surface area (Å²) in [4.78, 5) is 11.7. The van der Waals surface area contributed by atoms with E-state index in [1.807, 2.05) is 56.3 Å². The predicted octanol–water partition coefficient (Wildman–Crippen LogP) is 2.84. The molecule has 0 aliphatic carbocycles. The Balaban J connectivity index is 1.85. The number of nitrogens with zero attached hydrogens (tertiary/aromatic N) is 1. The van der Waals surface area contributed by atoms with Crippen molar-refractivity contribution in [2.45, 2.75) is 13.8 Å². The monoisotopic (exact) mass is 312 g/mol. The zero-order chi connectivity index (χ0) is 16.7. The van der Waals surface area contributed by atoms with Crippen molar-refractivity contribution in [3.05, 3.63) is 59.2 Å². The first kappa shape index (κ1) is 16.5. The van der Waals surface area contributed by atoms with Crippen LogP contribution in [-0.4, -0.2) is 25.8 Å². The number of benzene rings is 2. The summed E-state index contributed by atoms with van der Waals surface area (Å²) >= 11 is 0. The van der Waals surface area contributed by atoms with Gasteiger partial charge in [-0.2, -0.15) is 5.10 Å². The molecule has 2 aromatic carbocycles. The van der Waals surface area contributed by atoms with Crippen molar-refractivity contribution >= 4 is 12.1 Å². The van der Waals surface area contributed by atoms with Gasteiger partial charge in [-0.25, -0.2) is 5.43 Å². The molecule has 2 aromatic rings. The van der Waals surface area contributed by atoms with Crippen LogP contribution in [0.2, 0.25) is 0 Å². The molecule has 5 heteroatoms. The number of carbonyl (C=O) groups excluding carboxylic acids is 1. The number of rotatable bonds is 6. The summed E-state index contributed by atoms with van der Waals surface area (Å²) in [6.07, 6.45) is 1.53. The van der Waals surface area contributed by atoms with Crippen molar-refractivity contribution in [3.8, 4) is 11.5 Å². The highest BCUT2D eigenvalue weighted by Gasteiger charge is 2.03. The highest BCUT2D eigenvalue weighted by molar-refractivity contribution is 5.85. The first-order chi connectivity index (χ1) is 11.1. The number of methoxy groups -OCH3 is 1. The molecule has 0 aliphatic rings. The number of nitrogens with one attached hydrogen (secondary N) is 1. The van der Waals surface area contributed by atoms with E-state index >= 15 is 0 Å². The largest absolute Gasteiger partial charge is 0.496 e. The lowest BCUT2D eigenvalue weighted by Crippen LogP contribution is -2.24. The molecule has 5 nitrogen and oxygen atoms in total. The number of carbonyl (C=O) groups is 1. The average molecular weight is 312 g/mol. The molecule has 0 aliphatic heterocycles. The summed E-state index contributed by atoms with van der Waals surface area (Å²) < 4.78 is 10.6. The van der Waals surface area contributed by atoms with Crippen LogP contribution in [0.4, 0.5) is 0 Å². The zero-order valence-electron chi connectivity index (χ0n) is 13.5. The smallest absolute Gasteiger partial charge is 0.277 e. The average Bonchev–Trinajstić information content (AvgIpc) is 2.56. The second kappa shape index (κ2) is 7.98.